The van der Waals surface area contributed by atoms with Crippen LogP contribution in [0.1, 0.15) is 134 Å². The zero-order chi connectivity index (χ0) is 46.2. The minimum atomic E-state index is -0.662. The van der Waals surface area contributed by atoms with Crippen molar-refractivity contribution in [3.8, 4) is 0 Å². The Morgan fingerprint density at radius 1 is 0.552 bits per heavy atom. The summed E-state index contributed by atoms with van der Waals surface area (Å²) in [5.41, 5.74) is 5.28. The van der Waals surface area contributed by atoms with Crippen molar-refractivity contribution in [3.05, 3.63) is 144 Å². The molecule has 0 spiro atoms. The summed E-state index contributed by atoms with van der Waals surface area (Å²) in [6.45, 7) is 14.8. The molecule has 4 aromatic carbocycles. The SMILES string of the molecule is CC(C)CCC[C@@H](C)[C@H]1CC[C@H]2[C@@H]3CCC4C[C@@H](O[C@H]5O[C@H](COCc6ccccc6)[C@@H](OCc6ccccc6)[C@H](OCc6ccccc6)[C@H]5OCc5ccccc5)CC[C@]4(C)[C@H]3CC[C@]12C. The van der Waals surface area contributed by atoms with Crippen molar-refractivity contribution in [2.45, 2.75) is 175 Å². The van der Waals surface area contributed by atoms with Gasteiger partial charge in [0.1, 0.15) is 24.4 Å². The van der Waals surface area contributed by atoms with Gasteiger partial charge in [-0.3, -0.25) is 0 Å². The van der Waals surface area contributed by atoms with Gasteiger partial charge in [-0.25, -0.2) is 0 Å². The fraction of sp³-hybridized carbons (Fsp3) is 0.607. The lowest BCUT2D eigenvalue weighted by Crippen LogP contribution is -2.62. The van der Waals surface area contributed by atoms with Crippen LogP contribution in [0.15, 0.2) is 121 Å². The van der Waals surface area contributed by atoms with E-state index in [1.54, 1.807) is 0 Å². The summed E-state index contributed by atoms with van der Waals surface area (Å²) in [6, 6.07) is 41.6. The molecule has 1 unspecified atom stereocenters. The van der Waals surface area contributed by atoms with E-state index in [2.05, 4.69) is 138 Å². The van der Waals surface area contributed by atoms with Crippen LogP contribution in [0, 0.1) is 52.3 Å². The standard InChI is InChI=1S/C61H82O6/c1-43(2)19-18-20-44(3)52-31-32-53-51-30-29-49-37-50(33-35-60(49,4)54(51)34-36-61(52,53)5)66-59-58(65-41-48-27-16-9-17-28-48)57(64-40-47-25-14-8-15-26-47)56(63-39-46-23-12-7-13-24-46)55(67-59)42-62-38-45-21-10-6-11-22-45/h6-17,21-28,43-44,49-59H,18-20,29-42H2,1-5H3/t44-,49?,50+,51+,52-,53+,54+,55-,56-,57+,58-,59+,60+,61-/m1/s1. The van der Waals surface area contributed by atoms with Crippen LogP contribution in [0.2, 0.25) is 0 Å². The highest BCUT2D eigenvalue weighted by Crippen LogP contribution is 2.68. The molecular formula is C61H82O6. The Bertz CT molecular complexity index is 2060. The van der Waals surface area contributed by atoms with E-state index < -0.39 is 30.7 Å². The van der Waals surface area contributed by atoms with E-state index in [0.717, 1.165) is 70.6 Å². The highest BCUT2D eigenvalue weighted by atomic mass is 16.7. The van der Waals surface area contributed by atoms with Gasteiger partial charge in [0.05, 0.1) is 39.1 Å². The quantitative estimate of drug-likeness (QED) is 0.0824. The summed E-state index contributed by atoms with van der Waals surface area (Å²) in [4.78, 5) is 0. The van der Waals surface area contributed by atoms with Crippen LogP contribution in [0.4, 0.5) is 0 Å². The van der Waals surface area contributed by atoms with E-state index in [9.17, 15) is 0 Å². The van der Waals surface area contributed by atoms with Crippen molar-refractivity contribution in [2.24, 2.45) is 52.3 Å². The van der Waals surface area contributed by atoms with Crippen molar-refractivity contribution < 1.29 is 28.4 Å². The number of fused-ring (bicyclic) bond motifs is 5. The molecule has 1 saturated heterocycles. The summed E-state index contributed by atoms with van der Waals surface area (Å²) in [6.07, 6.45) is 13.3. The Labute approximate surface area is 404 Å². The van der Waals surface area contributed by atoms with Crippen molar-refractivity contribution >= 4 is 0 Å². The molecule has 6 heteroatoms. The Kier molecular flexibility index (Phi) is 16.4. The highest BCUT2D eigenvalue weighted by molar-refractivity contribution is 5.17. The summed E-state index contributed by atoms with van der Waals surface area (Å²) in [5, 5.41) is 0. The molecule has 6 nitrogen and oxygen atoms in total. The molecule has 0 radical (unpaired) electrons. The number of rotatable bonds is 20. The number of hydrogen-bond donors (Lipinski definition) is 0. The third-order valence-electron chi connectivity index (χ3n) is 18.0. The lowest BCUT2D eigenvalue weighted by Gasteiger charge is -2.61. The fourth-order valence-electron chi connectivity index (χ4n) is 14.4. The molecule has 5 aliphatic rings. The van der Waals surface area contributed by atoms with E-state index in [-0.39, 0.29) is 6.10 Å². The van der Waals surface area contributed by atoms with E-state index in [1.165, 1.54) is 64.2 Å². The zero-order valence-corrected chi connectivity index (χ0v) is 41.5. The molecule has 0 N–H and O–H groups in total. The van der Waals surface area contributed by atoms with Gasteiger partial charge in [0.2, 0.25) is 0 Å². The zero-order valence-electron chi connectivity index (χ0n) is 41.5. The van der Waals surface area contributed by atoms with Gasteiger partial charge in [-0.1, -0.05) is 175 Å². The predicted octanol–water partition coefficient (Wildman–Crippen LogP) is 14.2. The molecule has 4 aliphatic carbocycles. The molecule has 1 aliphatic heterocycles. The normalized spacial score (nSPS) is 34.3. The van der Waals surface area contributed by atoms with E-state index >= 15 is 0 Å². The average Bonchev–Trinajstić information content (AvgIpc) is 3.71. The molecule has 5 fully saturated rings. The maximum atomic E-state index is 7.39. The van der Waals surface area contributed by atoms with Crippen molar-refractivity contribution in [1.82, 2.24) is 0 Å². The Balaban J connectivity index is 0.946. The van der Waals surface area contributed by atoms with Crippen LogP contribution in [-0.2, 0) is 54.8 Å². The first-order valence-corrected chi connectivity index (χ1v) is 26.6. The van der Waals surface area contributed by atoms with Crippen LogP contribution in [-0.4, -0.2) is 43.4 Å². The molecular weight excluding hydrogens is 829 g/mol. The topological polar surface area (TPSA) is 55.4 Å². The molecule has 9 rings (SSSR count). The molecule has 362 valence electrons. The molecule has 0 bridgehead atoms. The first-order valence-electron chi connectivity index (χ1n) is 26.6. The van der Waals surface area contributed by atoms with Crippen LogP contribution in [0.5, 0.6) is 0 Å². The van der Waals surface area contributed by atoms with Crippen LogP contribution in [0.3, 0.4) is 0 Å². The first-order chi connectivity index (χ1) is 32.7. The summed E-state index contributed by atoms with van der Waals surface area (Å²) in [7, 11) is 0. The molecule has 4 aromatic rings. The Morgan fingerprint density at radius 3 is 1.69 bits per heavy atom. The maximum absolute atomic E-state index is 7.39. The first kappa shape index (κ1) is 48.7. The Morgan fingerprint density at radius 2 is 1.09 bits per heavy atom. The monoisotopic (exact) mass is 911 g/mol. The van der Waals surface area contributed by atoms with Gasteiger partial charge in [0.15, 0.2) is 6.29 Å². The minimum Gasteiger partial charge on any atom is -0.374 e. The minimum absolute atomic E-state index is 0.0707. The molecule has 14 atom stereocenters. The number of benzene rings is 4. The van der Waals surface area contributed by atoms with Gasteiger partial charge in [0.25, 0.3) is 0 Å². The Hall–Kier alpha value is -3.36. The second-order valence-electron chi connectivity index (χ2n) is 22.5. The van der Waals surface area contributed by atoms with Gasteiger partial charge >= 0.3 is 0 Å². The van der Waals surface area contributed by atoms with E-state index in [1.807, 2.05) is 18.2 Å². The van der Waals surface area contributed by atoms with Gasteiger partial charge in [-0.05, 0) is 132 Å². The van der Waals surface area contributed by atoms with Crippen molar-refractivity contribution in [3.63, 3.8) is 0 Å². The summed E-state index contributed by atoms with van der Waals surface area (Å²) >= 11 is 0. The largest absolute Gasteiger partial charge is 0.374 e. The third kappa shape index (κ3) is 11.5. The number of hydrogen-bond acceptors (Lipinski definition) is 6. The fourth-order valence-corrected chi connectivity index (χ4v) is 14.4. The average molecular weight is 911 g/mol. The van der Waals surface area contributed by atoms with Crippen LogP contribution in [0.25, 0.3) is 0 Å². The third-order valence-corrected chi connectivity index (χ3v) is 18.0. The van der Waals surface area contributed by atoms with E-state index in [4.69, 9.17) is 28.4 Å². The summed E-state index contributed by atoms with van der Waals surface area (Å²) < 4.78 is 42.2. The van der Waals surface area contributed by atoms with E-state index in [0.29, 0.717) is 49.8 Å². The lowest BCUT2D eigenvalue weighted by atomic mass is 9.44. The van der Waals surface area contributed by atoms with Gasteiger partial charge in [-0.15, -0.1) is 0 Å². The molecule has 67 heavy (non-hydrogen) atoms. The predicted molar refractivity (Wildman–Crippen MR) is 268 cm³/mol. The van der Waals surface area contributed by atoms with Gasteiger partial charge in [0, 0.05) is 0 Å². The smallest absolute Gasteiger partial charge is 0.187 e. The molecule has 0 aromatic heterocycles. The molecule has 4 saturated carbocycles. The maximum Gasteiger partial charge on any atom is 0.187 e. The summed E-state index contributed by atoms with van der Waals surface area (Å²) in [5.74, 6) is 5.77. The lowest BCUT2D eigenvalue weighted by molar-refractivity contribution is -0.340. The second-order valence-corrected chi connectivity index (χ2v) is 22.5. The second kappa shape index (κ2) is 22.6. The number of ether oxygens (including phenoxy) is 6. The van der Waals surface area contributed by atoms with Gasteiger partial charge < -0.3 is 28.4 Å². The van der Waals surface area contributed by atoms with Gasteiger partial charge in [-0.2, -0.15) is 0 Å². The highest BCUT2D eigenvalue weighted by Gasteiger charge is 2.61. The molecule has 1 heterocycles. The van der Waals surface area contributed by atoms with Crippen molar-refractivity contribution in [1.29, 1.82) is 0 Å². The molecule has 0 amide bonds. The van der Waals surface area contributed by atoms with Crippen LogP contribution < -0.4 is 0 Å². The van der Waals surface area contributed by atoms with Crippen molar-refractivity contribution in [2.75, 3.05) is 6.61 Å². The van der Waals surface area contributed by atoms with Crippen LogP contribution >= 0.6 is 0 Å².